The summed E-state index contributed by atoms with van der Waals surface area (Å²) in [6.07, 6.45) is 0. The molecule has 6 heteroatoms. The zero-order chi connectivity index (χ0) is 19.4. The van der Waals surface area contributed by atoms with E-state index >= 15 is 0 Å². The number of hydrogen-bond acceptors (Lipinski definition) is 3. The maximum atomic E-state index is 12.5. The number of halogens is 1. The average Bonchev–Trinajstić information content (AvgIpc) is 2.92. The van der Waals surface area contributed by atoms with Crippen LogP contribution in [0, 0.1) is 13.8 Å². The third kappa shape index (κ3) is 4.56. The maximum absolute atomic E-state index is 12.5. The molecule has 0 aliphatic heterocycles. The molecule has 0 fully saturated rings. The van der Waals surface area contributed by atoms with Crippen LogP contribution in [0.1, 0.15) is 17.0 Å². The van der Waals surface area contributed by atoms with E-state index in [1.165, 1.54) is 0 Å². The molecule has 0 radical (unpaired) electrons. The van der Waals surface area contributed by atoms with E-state index in [2.05, 4.69) is 10.4 Å². The van der Waals surface area contributed by atoms with Crippen molar-refractivity contribution >= 4 is 23.2 Å². The minimum absolute atomic E-state index is 0.0802. The average molecular weight is 383 g/mol. The van der Waals surface area contributed by atoms with Crippen LogP contribution < -0.4 is 5.32 Å². The number of hydrogen-bond donors (Lipinski definition) is 1. The molecule has 3 aromatic rings. The van der Waals surface area contributed by atoms with Crippen LogP contribution in [0.5, 0.6) is 0 Å². The molecule has 0 bridgehead atoms. The van der Waals surface area contributed by atoms with Gasteiger partial charge in [0.25, 0.3) is 0 Å². The molecule has 1 amide bonds. The Kier molecular flexibility index (Phi) is 5.94. The van der Waals surface area contributed by atoms with Crippen LogP contribution in [-0.2, 0) is 11.3 Å². The van der Waals surface area contributed by atoms with Crippen LogP contribution in [0.3, 0.4) is 0 Å². The topological polar surface area (TPSA) is 50.2 Å². The van der Waals surface area contributed by atoms with Gasteiger partial charge in [0.1, 0.15) is 0 Å². The molecule has 140 valence electrons. The number of rotatable bonds is 6. The van der Waals surface area contributed by atoms with Crippen molar-refractivity contribution in [2.75, 3.05) is 18.9 Å². The first-order chi connectivity index (χ1) is 13.0. The predicted octanol–water partition coefficient (Wildman–Crippen LogP) is 4.21. The normalized spacial score (nSPS) is 11.0. The molecular weight excluding hydrogens is 360 g/mol. The molecule has 0 aliphatic rings. The van der Waals surface area contributed by atoms with Crippen LogP contribution in [0.2, 0.25) is 5.02 Å². The van der Waals surface area contributed by atoms with Crippen molar-refractivity contribution in [3.63, 3.8) is 0 Å². The quantitative estimate of drug-likeness (QED) is 0.694. The summed E-state index contributed by atoms with van der Waals surface area (Å²) in [6, 6.07) is 17.5. The van der Waals surface area contributed by atoms with Gasteiger partial charge in [-0.15, -0.1) is 0 Å². The molecule has 0 aliphatic carbocycles. The fraction of sp³-hybridized carbons (Fsp3) is 0.238. The third-order valence-corrected chi connectivity index (χ3v) is 4.74. The van der Waals surface area contributed by atoms with Gasteiger partial charge in [0.05, 0.1) is 29.3 Å². The third-order valence-electron chi connectivity index (χ3n) is 4.37. The standard InChI is InChI=1S/C21H23ClN4O/c1-15-21(16(2)26(24-15)18-10-5-4-6-11-18)23-20(27)14-25(3)13-17-9-7-8-12-19(17)22/h4-12H,13-14H2,1-3H3,(H,23,27). The van der Waals surface area contributed by atoms with Crippen LogP contribution in [-0.4, -0.2) is 34.2 Å². The van der Waals surface area contributed by atoms with Gasteiger partial charge in [0.2, 0.25) is 5.91 Å². The van der Waals surface area contributed by atoms with Gasteiger partial charge in [-0.25, -0.2) is 4.68 Å². The highest BCUT2D eigenvalue weighted by molar-refractivity contribution is 6.31. The summed E-state index contributed by atoms with van der Waals surface area (Å²) in [5.41, 5.74) is 4.42. The molecular formula is C21H23ClN4O. The second-order valence-corrected chi connectivity index (χ2v) is 7.01. The molecule has 1 aromatic heterocycles. The monoisotopic (exact) mass is 382 g/mol. The van der Waals surface area contributed by atoms with Crippen LogP contribution in [0.15, 0.2) is 54.6 Å². The molecule has 0 atom stereocenters. The number of likely N-dealkylation sites (N-methyl/N-ethyl adjacent to an activating group) is 1. The largest absolute Gasteiger partial charge is 0.322 e. The molecule has 0 saturated carbocycles. The van der Waals surface area contributed by atoms with Gasteiger partial charge in [-0.2, -0.15) is 5.10 Å². The summed E-state index contributed by atoms with van der Waals surface area (Å²) in [5, 5.41) is 8.27. The first-order valence-electron chi connectivity index (χ1n) is 8.79. The molecule has 1 heterocycles. The van der Waals surface area contributed by atoms with Crippen molar-refractivity contribution in [1.29, 1.82) is 0 Å². The molecule has 1 N–H and O–H groups in total. The van der Waals surface area contributed by atoms with Gasteiger partial charge < -0.3 is 5.32 Å². The molecule has 27 heavy (non-hydrogen) atoms. The van der Waals surface area contributed by atoms with Gasteiger partial charge >= 0.3 is 0 Å². The van der Waals surface area contributed by atoms with E-state index in [0.29, 0.717) is 11.6 Å². The van der Waals surface area contributed by atoms with E-state index in [1.807, 2.05) is 85.1 Å². The van der Waals surface area contributed by atoms with Gasteiger partial charge in [-0.1, -0.05) is 48.0 Å². The number of nitrogens with zero attached hydrogens (tertiary/aromatic N) is 3. The Balaban J connectivity index is 1.68. The predicted molar refractivity (Wildman–Crippen MR) is 109 cm³/mol. The zero-order valence-corrected chi connectivity index (χ0v) is 16.5. The van der Waals surface area contributed by atoms with E-state index in [4.69, 9.17) is 11.6 Å². The first-order valence-corrected chi connectivity index (χ1v) is 9.17. The van der Waals surface area contributed by atoms with Crippen LogP contribution >= 0.6 is 11.6 Å². The Morgan fingerprint density at radius 1 is 1.11 bits per heavy atom. The zero-order valence-electron chi connectivity index (χ0n) is 15.7. The number of aryl methyl sites for hydroxylation is 1. The van der Waals surface area contributed by atoms with Crippen LogP contribution in [0.25, 0.3) is 5.69 Å². The lowest BCUT2D eigenvalue weighted by Gasteiger charge is -2.17. The molecule has 3 rings (SSSR count). The Morgan fingerprint density at radius 2 is 1.78 bits per heavy atom. The first kappa shape index (κ1) is 19.1. The molecule has 0 spiro atoms. The van der Waals surface area contributed by atoms with E-state index < -0.39 is 0 Å². The van der Waals surface area contributed by atoms with Crippen molar-refractivity contribution in [3.8, 4) is 5.69 Å². The highest BCUT2D eigenvalue weighted by Crippen LogP contribution is 2.23. The van der Waals surface area contributed by atoms with E-state index in [1.54, 1.807) is 0 Å². The molecule has 0 saturated heterocycles. The van der Waals surface area contributed by atoms with Crippen molar-refractivity contribution in [2.24, 2.45) is 0 Å². The van der Waals surface area contributed by atoms with Gasteiger partial charge in [0, 0.05) is 11.6 Å². The number of anilines is 1. The summed E-state index contributed by atoms with van der Waals surface area (Å²) in [4.78, 5) is 14.5. The Labute approximate surface area is 164 Å². The number of benzene rings is 2. The van der Waals surface area contributed by atoms with Crippen molar-refractivity contribution in [1.82, 2.24) is 14.7 Å². The Bertz CT molecular complexity index is 937. The molecule has 2 aromatic carbocycles. The summed E-state index contributed by atoms with van der Waals surface area (Å²) in [6.45, 7) is 4.72. The lowest BCUT2D eigenvalue weighted by molar-refractivity contribution is -0.117. The molecule has 0 unspecified atom stereocenters. The minimum atomic E-state index is -0.0802. The number of aromatic nitrogens is 2. The number of amides is 1. The summed E-state index contributed by atoms with van der Waals surface area (Å²) in [5.74, 6) is -0.0802. The van der Waals surface area contributed by atoms with Crippen LogP contribution in [0.4, 0.5) is 5.69 Å². The highest BCUT2D eigenvalue weighted by atomic mass is 35.5. The summed E-state index contributed by atoms with van der Waals surface area (Å²) < 4.78 is 1.85. The Hall–Kier alpha value is -2.63. The second kappa shape index (κ2) is 8.37. The smallest absolute Gasteiger partial charge is 0.238 e. The lowest BCUT2D eigenvalue weighted by Crippen LogP contribution is -2.30. The van der Waals surface area contributed by atoms with Gasteiger partial charge in [-0.05, 0) is 44.7 Å². The number of nitrogens with one attached hydrogen (secondary N) is 1. The van der Waals surface area contributed by atoms with Crippen molar-refractivity contribution in [2.45, 2.75) is 20.4 Å². The van der Waals surface area contributed by atoms with E-state index in [9.17, 15) is 4.79 Å². The SMILES string of the molecule is Cc1nn(-c2ccccc2)c(C)c1NC(=O)CN(C)Cc1ccccc1Cl. The number of para-hydroxylation sites is 1. The second-order valence-electron chi connectivity index (χ2n) is 6.61. The lowest BCUT2D eigenvalue weighted by atomic mass is 10.2. The van der Waals surface area contributed by atoms with Crippen molar-refractivity contribution in [3.05, 3.63) is 76.6 Å². The van der Waals surface area contributed by atoms with Gasteiger partial charge in [-0.3, -0.25) is 9.69 Å². The van der Waals surface area contributed by atoms with Crippen molar-refractivity contribution < 1.29 is 4.79 Å². The minimum Gasteiger partial charge on any atom is -0.322 e. The number of carbonyl (C=O) groups excluding carboxylic acids is 1. The van der Waals surface area contributed by atoms with E-state index in [-0.39, 0.29) is 12.5 Å². The summed E-state index contributed by atoms with van der Waals surface area (Å²) in [7, 11) is 1.90. The fourth-order valence-corrected chi connectivity index (χ4v) is 3.24. The summed E-state index contributed by atoms with van der Waals surface area (Å²) >= 11 is 6.20. The van der Waals surface area contributed by atoms with E-state index in [0.717, 1.165) is 28.3 Å². The fourth-order valence-electron chi connectivity index (χ4n) is 3.04. The highest BCUT2D eigenvalue weighted by Gasteiger charge is 2.16. The number of carbonyl (C=O) groups is 1. The molecule has 5 nitrogen and oxygen atoms in total. The van der Waals surface area contributed by atoms with Gasteiger partial charge in [0.15, 0.2) is 0 Å². The maximum Gasteiger partial charge on any atom is 0.238 e. The Morgan fingerprint density at radius 3 is 2.48 bits per heavy atom.